The number of benzene rings is 2. The van der Waals surface area contributed by atoms with E-state index < -0.39 is 21.8 Å². The lowest BCUT2D eigenvalue weighted by Crippen LogP contribution is -2.15. The normalized spacial score (nSPS) is 21.0. The van der Waals surface area contributed by atoms with E-state index in [1.54, 1.807) is 24.3 Å². The summed E-state index contributed by atoms with van der Waals surface area (Å²) in [7, 11) is 0. The fourth-order valence-corrected chi connectivity index (χ4v) is 4.03. The van der Waals surface area contributed by atoms with Gasteiger partial charge < -0.3 is 9.47 Å². The molecule has 0 N–H and O–H groups in total. The molecule has 29 heavy (non-hydrogen) atoms. The van der Waals surface area contributed by atoms with Crippen LogP contribution < -0.4 is 4.74 Å². The molecule has 0 saturated heterocycles. The minimum Gasteiger partial charge on any atom is -0.457 e. The van der Waals surface area contributed by atoms with Crippen molar-refractivity contribution >= 4 is 40.8 Å². The second-order valence-corrected chi connectivity index (χ2v) is 10.2. The summed E-state index contributed by atoms with van der Waals surface area (Å²) in [4.78, 5) is 12.6. The van der Waals surface area contributed by atoms with Gasteiger partial charge in [-0.2, -0.15) is 5.26 Å². The summed E-state index contributed by atoms with van der Waals surface area (Å²) >= 11 is 17.6. The highest BCUT2D eigenvalue weighted by Crippen LogP contribution is 2.63. The Balaban J connectivity index is 1.64. The molecule has 152 valence electrons. The number of esters is 1. The zero-order valence-electron chi connectivity index (χ0n) is 15.9. The maximum atomic E-state index is 12.6. The van der Waals surface area contributed by atoms with Crippen molar-refractivity contribution < 1.29 is 14.3 Å². The summed E-state index contributed by atoms with van der Waals surface area (Å²) in [6.07, 6.45) is -0.759. The smallest absolute Gasteiger partial charge is 0.311 e. The fraction of sp³-hybridized carbons (Fsp3) is 0.364. The predicted molar refractivity (Wildman–Crippen MR) is 113 cm³/mol. The predicted octanol–water partition coefficient (Wildman–Crippen LogP) is 6.62. The van der Waals surface area contributed by atoms with E-state index in [0.29, 0.717) is 17.1 Å². The summed E-state index contributed by atoms with van der Waals surface area (Å²) < 4.78 is 9.78. The number of hydrogen-bond acceptors (Lipinski definition) is 4. The molecule has 0 radical (unpaired) electrons. The molecule has 0 aliphatic heterocycles. The lowest BCUT2D eigenvalue weighted by Gasteiger charge is -2.13. The van der Waals surface area contributed by atoms with Crippen LogP contribution in [0.5, 0.6) is 11.5 Å². The zero-order chi connectivity index (χ0) is 21.2. The summed E-state index contributed by atoms with van der Waals surface area (Å²) in [5.41, 5.74) is 0.228. The molecule has 2 aromatic rings. The topological polar surface area (TPSA) is 59.3 Å². The molecule has 1 fully saturated rings. The highest BCUT2D eigenvalue weighted by Gasteiger charge is 2.64. The Morgan fingerprint density at radius 2 is 1.69 bits per heavy atom. The summed E-state index contributed by atoms with van der Waals surface area (Å²) in [6.45, 7) is 3.86. The molecular formula is C22H20Cl3NO3. The Kier molecular flexibility index (Phi) is 6.33. The number of nitriles is 1. The second-order valence-electron chi connectivity index (χ2n) is 7.66. The third kappa shape index (κ3) is 5.36. The van der Waals surface area contributed by atoms with Gasteiger partial charge in [0.15, 0.2) is 3.79 Å². The Morgan fingerprint density at radius 3 is 2.24 bits per heavy atom. The first kappa shape index (κ1) is 21.8. The van der Waals surface area contributed by atoms with Crippen molar-refractivity contribution in [2.75, 3.05) is 0 Å². The number of carbonyl (C=O) groups is 1. The van der Waals surface area contributed by atoms with Crippen LogP contribution in [0.1, 0.15) is 31.9 Å². The van der Waals surface area contributed by atoms with E-state index in [4.69, 9.17) is 44.3 Å². The number of ether oxygens (including phenoxy) is 2. The zero-order valence-corrected chi connectivity index (χ0v) is 18.2. The van der Waals surface area contributed by atoms with Crippen LogP contribution in [0.25, 0.3) is 0 Å². The van der Waals surface area contributed by atoms with Crippen molar-refractivity contribution in [2.45, 2.75) is 30.2 Å². The number of rotatable bonds is 6. The Labute approximate surface area is 185 Å². The van der Waals surface area contributed by atoms with Crippen LogP contribution in [0.3, 0.4) is 0 Å². The third-order valence-electron chi connectivity index (χ3n) is 5.27. The molecule has 7 heteroatoms. The van der Waals surface area contributed by atoms with Crippen LogP contribution in [0, 0.1) is 28.6 Å². The van der Waals surface area contributed by atoms with E-state index >= 15 is 0 Å². The summed E-state index contributed by atoms with van der Waals surface area (Å²) in [5.74, 6) is 0.358. The molecule has 4 nitrogen and oxygen atoms in total. The van der Waals surface area contributed by atoms with Crippen molar-refractivity contribution in [1.82, 2.24) is 0 Å². The molecule has 3 rings (SSSR count). The maximum absolute atomic E-state index is 12.6. The van der Waals surface area contributed by atoms with Crippen molar-refractivity contribution in [2.24, 2.45) is 17.3 Å². The maximum Gasteiger partial charge on any atom is 0.311 e. The van der Waals surface area contributed by atoms with Gasteiger partial charge in [0, 0.05) is 5.56 Å². The largest absolute Gasteiger partial charge is 0.457 e. The lowest BCUT2D eigenvalue weighted by atomic mass is 10.1. The second kappa shape index (κ2) is 8.44. The van der Waals surface area contributed by atoms with E-state index in [1.807, 2.05) is 50.2 Å². The van der Waals surface area contributed by atoms with Gasteiger partial charge in [0.1, 0.15) is 17.6 Å². The molecule has 2 aromatic carbocycles. The number of para-hydroxylation sites is 1. The van der Waals surface area contributed by atoms with E-state index in [9.17, 15) is 10.1 Å². The summed E-state index contributed by atoms with van der Waals surface area (Å²) in [5, 5.41) is 9.50. The lowest BCUT2D eigenvalue weighted by molar-refractivity contribution is -0.149. The van der Waals surface area contributed by atoms with E-state index in [-0.39, 0.29) is 17.8 Å². The van der Waals surface area contributed by atoms with Gasteiger partial charge in [0.25, 0.3) is 0 Å². The molecule has 0 amide bonds. The highest BCUT2D eigenvalue weighted by molar-refractivity contribution is 6.67. The minimum absolute atomic E-state index is 0.108. The molecule has 0 bridgehead atoms. The molecular weight excluding hydrogens is 433 g/mol. The number of halogens is 3. The van der Waals surface area contributed by atoms with Crippen LogP contribution in [-0.2, 0) is 9.53 Å². The van der Waals surface area contributed by atoms with Crippen LogP contribution in [0.15, 0.2) is 54.6 Å². The van der Waals surface area contributed by atoms with Crippen molar-refractivity contribution in [3.05, 3.63) is 60.2 Å². The summed E-state index contributed by atoms with van der Waals surface area (Å²) in [6, 6.07) is 18.3. The average Bonchev–Trinajstić information content (AvgIpc) is 3.19. The van der Waals surface area contributed by atoms with Gasteiger partial charge in [-0.3, -0.25) is 4.79 Å². The van der Waals surface area contributed by atoms with Gasteiger partial charge in [-0.05, 0) is 42.0 Å². The Hall–Kier alpha value is -1.93. The number of hydrogen-bond donors (Lipinski definition) is 0. The van der Waals surface area contributed by atoms with Crippen molar-refractivity contribution in [1.29, 1.82) is 5.26 Å². The van der Waals surface area contributed by atoms with E-state index in [0.717, 1.165) is 0 Å². The number of carbonyl (C=O) groups excluding carboxylic acids is 1. The first-order chi connectivity index (χ1) is 13.6. The first-order valence-corrected chi connectivity index (χ1v) is 10.2. The molecule has 0 spiro atoms. The Morgan fingerprint density at radius 1 is 1.10 bits per heavy atom. The van der Waals surface area contributed by atoms with Gasteiger partial charge >= 0.3 is 5.97 Å². The van der Waals surface area contributed by atoms with Crippen LogP contribution in [-0.4, -0.2) is 9.76 Å². The molecule has 3 unspecified atom stereocenters. The van der Waals surface area contributed by atoms with E-state index in [1.165, 1.54) is 0 Å². The molecule has 1 aliphatic carbocycles. The number of nitrogens with zero attached hydrogens (tertiary/aromatic N) is 1. The molecule has 1 aliphatic rings. The first-order valence-electron chi connectivity index (χ1n) is 9.11. The molecule has 3 atom stereocenters. The van der Waals surface area contributed by atoms with Crippen molar-refractivity contribution in [3.8, 4) is 17.6 Å². The van der Waals surface area contributed by atoms with Gasteiger partial charge in [-0.1, -0.05) is 79.0 Å². The van der Waals surface area contributed by atoms with Crippen LogP contribution in [0.4, 0.5) is 0 Å². The van der Waals surface area contributed by atoms with Gasteiger partial charge in [-0.15, -0.1) is 0 Å². The number of alkyl halides is 3. The van der Waals surface area contributed by atoms with Crippen molar-refractivity contribution in [3.63, 3.8) is 0 Å². The van der Waals surface area contributed by atoms with Crippen LogP contribution in [0.2, 0.25) is 0 Å². The average molecular weight is 453 g/mol. The van der Waals surface area contributed by atoms with E-state index in [2.05, 4.69) is 0 Å². The highest BCUT2D eigenvalue weighted by atomic mass is 35.6. The molecule has 0 aromatic heterocycles. The minimum atomic E-state index is -1.43. The van der Waals surface area contributed by atoms with Gasteiger partial charge in [-0.25, -0.2) is 0 Å². The van der Waals surface area contributed by atoms with Gasteiger partial charge in [0.2, 0.25) is 6.10 Å². The standard InChI is InChI=1S/C22H20Cl3NO3/c1-21(2)17(12-22(23,24)25)19(21)20(27)29-18(13-26)14-8-10-16(11-9-14)28-15-6-4-3-5-7-15/h3-11,17-19H,12H2,1-2H3. The fourth-order valence-electron chi connectivity index (χ4n) is 3.54. The molecule has 0 heterocycles. The Bertz CT molecular complexity index is 902. The third-order valence-corrected chi connectivity index (χ3v) is 5.73. The SMILES string of the molecule is CC1(C)C(CC(Cl)(Cl)Cl)C1C(=O)OC(C#N)c1ccc(Oc2ccccc2)cc1. The monoisotopic (exact) mass is 451 g/mol. The quantitative estimate of drug-likeness (QED) is 0.365. The van der Waals surface area contributed by atoms with Gasteiger partial charge in [0.05, 0.1) is 5.92 Å². The van der Waals surface area contributed by atoms with Crippen LogP contribution >= 0.6 is 34.8 Å². The molecule has 1 saturated carbocycles.